The Balaban J connectivity index is 2.29. The fourth-order valence-corrected chi connectivity index (χ4v) is 1.68. The van der Waals surface area contributed by atoms with Gasteiger partial charge in [0.1, 0.15) is 0 Å². The first-order valence-electron chi connectivity index (χ1n) is 4.86. The molecule has 82 valence electrons. The van der Waals surface area contributed by atoms with Crippen molar-refractivity contribution in [3.63, 3.8) is 0 Å². The summed E-state index contributed by atoms with van der Waals surface area (Å²) in [6, 6.07) is 0. The van der Waals surface area contributed by atoms with Crippen LogP contribution in [0.25, 0.3) is 0 Å². The lowest BCUT2D eigenvalue weighted by atomic mass is 9.91. The first kappa shape index (κ1) is 11.4. The normalized spacial score (nSPS) is 27.7. The van der Waals surface area contributed by atoms with E-state index in [0.29, 0.717) is 12.5 Å². The third-order valence-electron chi connectivity index (χ3n) is 2.37. The Bertz CT molecular complexity index is 199. The summed E-state index contributed by atoms with van der Waals surface area (Å²) in [6.07, 6.45) is -1.69. The number of rotatable bonds is 3. The van der Waals surface area contributed by atoms with Crippen molar-refractivity contribution in [3.05, 3.63) is 0 Å². The summed E-state index contributed by atoms with van der Waals surface area (Å²) in [5, 5.41) is 5.35. The number of carbonyl (C=O) groups is 1. The smallest absolute Gasteiger partial charge is 0.255 e. The van der Waals surface area contributed by atoms with Crippen molar-refractivity contribution in [1.29, 1.82) is 0 Å². The Kier molecular flexibility index (Phi) is 4.25. The van der Waals surface area contributed by atoms with Crippen LogP contribution in [0.4, 0.5) is 8.78 Å². The Morgan fingerprint density at radius 3 is 2.86 bits per heavy atom. The van der Waals surface area contributed by atoms with Gasteiger partial charge in [0.05, 0.1) is 12.5 Å². The second-order valence-electron chi connectivity index (χ2n) is 3.83. The molecule has 0 aliphatic carbocycles. The van der Waals surface area contributed by atoms with E-state index in [2.05, 4.69) is 10.6 Å². The maximum atomic E-state index is 11.8. The molecule has 1 fully saturated rings. The van der Waals surface area contributed by atoms with Crippen LogP contribution in [0.15, 0.2) is 0 Å². The van der Waals surface area contributed by atoms with Gasteiger partial charge in [0, 0.05) is 6.54 Å². The molecule has 0 aromatic carbocycles. The van der Waals surface area contributed by atoms with Gasteiger partial charge in [-0.05, 0) is 18.9 Å². The van der Waals surface area contributed by atoms with Gasteiger partial charge >= 0.3 is 0 Å². The van der Waals surface area contributed by atoms with Crippen LogP contribution in [0.2, 0.25) is 0 Å². The summed E-state index contributed by atoms with van der Waals surface area (Å²) in [7, 11) is 0. The van der Waals surface area contributed by atoms with Gasteiger partial charge in [0.2, 0.25) is 5.91 Å². The molecule has 14 heavy (non-hydrogen) atoms. The SMILES string of the molecule is CC1CNCC(C(=O)NCC(F)F)C1. The number of amides is 1. The lowest BCUT2D eigenvalue weighted by molar-refractivity contribution is -0.126. The van der Waals surface area contributed by atoms with Crippen LogP contribution in [-0.2, 0) is 4.79 Å². The second-order valence-corrected chi connectivity index (χ2v) is 3.83. The zero-order chi connectivity index (χ0) is 10.6. The minimum atomic E-state index is -2.46. The monoisotopic (exact) mass is 206 g/mol. The van der Waals surface area contributed by atoms with Crippen molar-refractivity contribution >= 4 is 5.91 Å². The maximum absolute atomic E-state index is 11.8. The van der Waals surface area contributed by atoms with Crippen LogP contribution in [0.3, 0.4) is 0 Å². The van der Waals surface area contributed by atoms with Crippen molar-refractivity contribution in [2.45, 2.75) is 19.8 Å². The van der Waals surface area contributed by atoms with Gasteiger partial charge in [0.15, 0.2) is 0 Å². The molecule has 0 saturated carbocycles. The molecule has 1 amide bonds. The van der Waals surface area contributed by atoms with Crippen molar-refractivity contribution in [3.8, 4) is 0 Å². The van der Waals surface area contributed by atoms with E-state index >= 15 is 0 Å². The minimum Gasteiger partial charge on any atom is -0.350 e. The highest BCUT2D eigenvalue weighted by Gasteiger charge is 2.24. The largest absolute Gasteiger partial charge is 0.350 e. The van der Waals surface area contributed by atoms with Gasteiger partial charge in [-0.25, -0.2) is 8.78 Å². The van der Waals surface area contributed by atoms with E-state index in [9.17, 15) is 13.6 Å². The van der Waals surface area contributed by atoms with Gasteiger partial charge < -0.3 is 10.6 Å². The van der Waals surface area contributed by atoms with E-state index in [4.69, 9.17) is 0 Å². The summed E-state index contributed by atoms with van der Waals surface area (Å²) >= 11 is 0. The molecule has 0 spiro atoms. The van der Waals surface area contributed by atoms with E-state index in [0.717, 1.165) is 13.0 Å². The Morgan fingerprint density at radius 1 is 1.57 bits per heavy atom. The summed E-state index contributed by atoms with van der Waals surface area (Å²) < 4.78 is 23.6. The maximum Gasteiger partial charge on any atom is 0.255 e. The Hall–Kier alpha value is -0.710. The molecule has 1 rings (SSSR count). The number of piperidine rings is 1. The first-order valence-corrected chi connectivity index (χ1v) is 4.86. The summed E-state index contributed by atoms with van der Waals surface area (Å²) in [5.41, 5.74) is 0. The second kappa shape index (κ2) is 5.24. The average Bonchev–Trinajstić information content (AvgIpc) is 2.14. The fraction of sp³-hybridized carbons (Fsp3) is 0.889. The number of carbonyl (C=O) groups excluding carboxylic acids is 1. The van der Waals surface area contributed by atoms with Crippen LogP contribution in [-0.4, -0.2) is 32.0 Å². The molecule has 0 bridgehead atoms. The molecular formula is C9H16F2N2O. The molecule has 1 saturated heterocycles. The zero-order valence-electron chi connectivity index (χ0n) is 8.22. The number of hydrogen-bond donors (Lipinski definition) is 2. The van der Waals surface area contributed by atoms with Gasteiger partial charge in [-0.1, -0.05) is 6.92 Å². The molecule has 2 N–H and O–H groups in total. The lowest BCUT2D eigenvalue weighted by Crippen LogP contribution is -2.44. The van der Waals surface area contributed by atoms with E-state index in [-0.39, 0.29) is 11.8 Å². The molecule has 2 unspecified atom stereocenters. The van der Waals surface area contributed by atoms with Crippen LogP contribution in [0.5, 0.6) is 0 Å². The van der Waals surface area contributed by atoms with Crippen molar-refractivity contribution in [2.24, 2.45) is 11.8 Å². The van der Waals surface area contributed by atoms with Gasteiger partial charge in [-0.15, -0.1) is 0 Å². The molecule has 3 nitrogen and oxygen atoms in total. The lowest BCUT2D eigenvalue weighted by Gasteiger charge is -2.26. The van der Waals surface area contributed by atoms with Crippen LogP contribution < -0.4 is 10.6 Å². The van der Waals surface area contributed by atoms with Crippen molar-refractivity contribution in [2.75, 3.05) is 19.6 Å². The molecule has 0 aromatic rings. The third kappa shape index (κ3) is 3.57. The predicted octanol–water partition coefficient (Wildman–Crippen LogP) is 0.613. The average molecular weight is 206 g/mol. The Morgan fingerprint density at radius 2 is 2.29 bits per heavy atom. The quantitative estimate of drug-likeness (QED) is 0.710. The first-order chi connectivity index (χ1) is 6.59. The third-order valence-corrected chi connectivity index (χ3v) is 2.37. The number of alkyl halides is 2. The van der Waals surface area contributed by atoms with Gasteiger partial charge in [0.25, 0.3) is 6.43 Å². The molecule has 1 heterocycles. The summed E-state index contributed by atoms with van der Waals surface area (Å²) in [4.78, 5) is 11.4. The van der Waals surface area contributed by atoms with Gasteiger partial charge in [-0.3, -0.25) is 4.79 Å². The molecule has 5 heteroatoms. The van der Waals surface area contributed by atoms with E-state index in [1.807, 2.05) is 6.92 Å². The van der Waals surface area contributed by atoms with E-state index in [1.54, 1.807) is 0 Å². The highest BCUT2D eigenvalue weighted by molar-refractivity contribution is 5.79. The molecule has 1 aliphatic heterocycles. The minimum absolute atomic E-state index is 0.155. The van der Waals surface area contributed by atoms with Crippen LogP contribution in [0.1, 0.15) is 13.3 Å². The molecule has 0 aromatic heterocycles. The molecular weight excluding hydrogens is 190 g/mol. The predicted molar refractivity (Wildman–Crippen MR) is 49.2 cm³/mol. The topological polar surface area (TPSA) is 41.1 Å². The standard InChI is InChI=1S/C9H16F2N2O/c1-6-2-7(4-12-3-6)9(14)13-5-8(10)11/h6-8,12H,2-5H2,1H3,(H,13,14). The summed E-state index contributed by atoms with van der Waals surface area (Å²) in [5.74, 6) is 0.0212. The van der Waals surface area contributed by atoms with E-state index in [1.165, 1.54) is 0 Å². The van der Waals surface area contributed by atoms with Crippen LogP contribution in [0, 0.1) is 11.8 Å². The highest BCUT2D eigenvalue weighted by Crippen LogP contribution is 2.15. The number of halogens is 2. The highest BCUT2D eigenvalue weighted by atomic mass is 19.3. The molecule has 1 aliphatic rings. The fourth-order valence-electron chi connectivity index (χ4n) is 1.68. The summed E-state index contributed by atoms with van der Waals surface area (Å²) in [6.45, 7) is 3.00. The zero-order valence-corrected chi connectivity index (χ0v) is 8.22. The number of nitrogens with one attached hydrogen (secondary N) is 2. The molecule has 0 radical (unpaired) electrons. The van der Waals surface area contributed by atoms with Crippen molar-refractivity contribution in [1.82, 2.24) is 10.6 Å². The van der Waals surface area contributed by atoms with Gasteiger partial charge in [-0.2, -0.15) is 0 Å². The van der Waals surface area contributed by atoms with Crippen molar-refractivity contribution < 1.29 is 13.6 Å². The Labute approximate surface area is 82.2 Å². The number of hydrogen-bond acceptors (Lipinski definition) is 2. The van der Waals surface area contributed by atoms with Crippen LogP contribution >= 0.6 is 0 Å². The van der Waals surface area contributed by atoms with E-state index < -0.39 is 13.0 Å². The molecule has 2 atom stereocenters.